The molecule has 0 spiro atoms. The molecule has 0 amide bonds. The molecule has 6 heteroatoms. The molecule has 0 radical (unpaired) electrons. The third kappa shape index (κ3) is 3.63. The fourth-order valence-electron chi connectivity index (χ4n) is 5.17. The zero-order chi connectivity index (χ0) is 19.9. The number of anilines is 1. The monoisotopic (exact) mass is 405 g/mol. The molecule has 2 saturated heterocycles. The molecule has 6 rings (SSSR count). The van der Waals surface area contributed by atoms with E-state index in [2.05, 4.69) is 49.6 Å². The first-order valence-electron chi connectivity index (χ1n) is 11.5. The minimum atomic E-state index is 0.359. The lowest BCUT2D eigenvalue weighted by atomic mass is 10.1. The second-order valence-electron chi connectivity index (χ2n) is 9.29. The van der Waals surface area contributed by atoms with Crippen LogP contribution in [0.1, 0.15) is 43.0 Å². The normalized spacial score (nSPS) is 23.6. The Kier molecular flexibility index (Phi) is 4.77. The quantitative estimate of drug-likeness (QED) is 0.624. The summed E-state index contributed by atoms with van der Waals surface area (Å²) in [4.78, 5) is 12.9. The molecule has 0 bridgehead atoms. The standard InChI is InChI=1S/C24H31N5O/c1-2-10-27(9-1)24-5-3-4-23-25-21(16-29(23)24)22-17-26(14-20-8-13-30-18-20)11-12-28(22)15-19-6-7-19/h3-5,8,13,16,18-19,22H,1-2,6-7,9-12,14-15,17H2. The van der Waals surface area contributed by atoms with Crippen molar-refractivity contribution in [1.29, 1.82) is 0 Å². The third-order valence-corrected chi connectivity index (χ3v) is 7.01. The lowest BCUT2D eigenvalue weighted by Crippen LogP contribution is -2.48. The lowest BCUT2D eigenvalue weighted by molar-refractivity contribution is 0.0639. The van der Waals surface area contributed by atoms with Crippen LogP contribution in [0.15, 0.2) is 47.4 Å². The van der Waals surface area contributed by atoms with E-state index >= 15 is 0 Å². The zero-order valence-corrected chi connectivity index (χ0v) is 17.6. The Labute approximate surface area is 178 Å². The van der Waals surface area contributed by atoms with Crippen molar-refractivity contribution in [3.63, 3.8) is 0 Å². The van der Waals surface area contributed by atoms with Crippen LogP contribution in [0, 0.1) is 5.92 Å². The zero-order valence-electron chi connectivity index (χ0n) is 17.6. The summed E-state index contributed by atoms with van der Waals surface area (Å²) >= 11 is 0. The molecule has 3 aromatic rings. The Morgan fingerprint density at radius 1 is 1.03 bits per heavy atom. The van der Waals surface area contributed by atoms with Crippen molar-refractivity contribution >= 4 is 11.5 Å². The van der Waals surface area contributed by atoms with Crippen LogP contribution in [0.25, 0.3) is 5.65 Å². The molecule has 6 nitrogen and oxygen atoms in total. The van der Waals surface area contributed by atoms with E-state index in [1.807, 2.05) is 6.26 Å². The summed E-state index contributed by atoms with van der Waals surface area (Å²) in [7, 11) is 0. The molecule has 5 heterocycles. The molecule has 2 aliphatic heterocycles. The van der Waals surface area contributed by atoms with Crippen molar-refractivity contribution in [2.45, 2.75) is 38.3 Å². The lowest BCUT2D eigenvalue weighted by Gasteiger charge is -2.40. The fourth-order valence-corrected chi connectivity index (χ4v) is 5.17. The van der Waals surface area contributed by atoms with Crippen LogP contribution < -0.4 is 4.90 Å². The summed E-state index contributed by atoms with van der Waals surface area (Å²) in [5, 5.41) is 0. The molecular formula is C24H31N5O. The predicted octanol–water partition coefficient (Wildman–Crippen LogP) is 3.80. The maximum atomic E-state index is 5.29. The summed E-state index contributed by atoms with van der Waals surface area (Å²) < 4.78 is 7.62. The van der Waals surface area contributed by atoms with Crippen molar-refractivity contribution in [2.24, 2.45) is 5.92 Å². The molecule has 1 unspecified atom stereocenters. The maximum absolute atomic E-state index is 5.29. The Bertz CT molecular complexity index is 986. The molecule has 1 atom stereocenters. The van der Waals surface area contributed by atoms with Crippen LogP contribution in [0.3, 0.4) is 0 Å². The Morgan fingerprint density at radius 2 is 1.93 bits per heavy atom. The number of fused-ring (bicyclic) bond motifs is 1. The highest BCUT2D eigenvalue weighted by atomic mass is 16.3. The molecule has 1 aliphatic carbocycles. The van der Waals surface area contributed by atoms with Gasteiger partial charge in [0, 0.05) is 57.6 Å². The highest BCUT2D eigenvalue weighted by molar-refractivity contribution is 5.53. The molecule has 30 heavy (non-hydrogen) atoms. The first-order valence-corrected chi connectivity index (χ1v) is 11.5. The fraction of sp³-hybridized carbons (Fsp3) is 0.542. The third-order valence-electron chi connectivity index (χ3n) is 7.01. The van der Waals surface area contributed by atoms with Gasteiger partial charge in [-0.2, -0.15) is 0 Å². The highest BCUT2D eigenvalue weighted by Crippen LogP contribution is 2.35. The molecule has 0 N–H and O–H groups in total. The van der Waals surface area contributed by atoms with Crippen LogP contribution in [0.4, 0.5) is 5.82 Å². The van der Waals surface area contributed by atoms with Gasteiger partial charge < -0.3 is 9.32 Å². The molecule has 1 saturated carbocycles. The largest absolute Gasteiger partial charge is 0.472 e. The van der Waals surface area contributed by atoms with E-state index in [0.717, 1.165) is 50.8 Å². The highest BCUT2D eigenvalue weighted by Gasteiger charge is 2.34. The number of pyridine rings is 1. The second-order valence-corrected chi connectivity index (χ2v) is 9.29. The number of imidazole rings is 1. The van der Waals surface area contributed by atoms with E-state index in [4.69, 9.17) is 9.40 Å². The van der Waals surface area contributed by atoms with Crippen LogP contribution in [0.2, 0.25) is 0 Å². The number of hydrogen-bond acceptors (Lipinski definition) is 5. The first-order chi connectivity index (χ1) is 14.8. The van der Waals surface area contributed by atoms with Gasteiger partial charge in [0.25, 0.3) is 0 Å². The number of aromatic nitrogens is 2. The molecule has 3 fully saturated rings. The van der Waals surface area contributed by atoms with Gasteiger partial charge in [0.2, 0.25) is 0 Å². The minimum Gasteiger partial charge on any atom is -0.472 e. The molecule has 3 aliphatic rings. The van der Waals surface area contributed by atoms with Gasteiger partial charge in [-0.1, -0.05) is 6.07 Å². The van der Waals surface area contributed by atoms with E-state index in [-0.39, 0.29) is 0 Å². The number of piperazine rings is 1. The summed E-state index contributed by atoms with van der Waals surface area (Å²) in [6.07, 6.45) is 11.3. The topological polar surface area (TPSA) is 40.2 Å². The number of hydrogen-bond donors (Lipinski definition) is 0. The van der Waals surface area contributed by atoms with E-state index in [1.165, 1.54) is 49.3 Å². The molecule has 158 valence electrons. The van der Waals surface area contributed by atoms with Crippen molar-refractivity contribution in [3.8, 4) is 0 Å². The maximum Gasteiger partial charge on any atom is 0.138 e. The number of furan rings is 1. The van der Waals surface area contributed by atoms with Gasteiger partial charge >= 0.3 is 0 Å². The van der Waals surface area contributed by atoms with Crippen molar-refractivity contribution in [1.82, 2.24) is 19.2 Å². The van der Waals surface area contributed by atoms with Gasteiger partial charge in [0.05, 0.1) is 24.3 Å². The summed E-state index contributed by atoms with van der Waals surface area (Å²) in [5.74, 6) is 2.19. The van der Waals surface area contributed by atoms with Gasteiger partial charge in [-0.3, -0.25) is 14.2 Å². The number of nitrogens with zero attached hydrogens (tertiary/aromatic N) is 5. The van der Waals surface area contributed by atoms with Crippen molar-refractivity contribution in [3.05, 3.63) is 54.2 Å². The Morgan fingerprint density at radius 3 is 2.73 bits per heavy atom. The van der Waals surface area contributed by atoms with Crippen LogP contribution in [-0.4, -0.2) is 58.5 Å². The average Bonchev–Trinajstić information content (AvgIpc) is 3.21. The van der Waals surface area contributed by atoms with Gasteiger partial charge in [0.15, 0.2) is 0 Å². The van der Waals surface area contributed by atoms with E-state index in [1.54, 1.807) is 6.26 Å². The SMILES string of the molecule is c1cc(N2CCCC2)n2cc(C3CN(Cc4ccoc4)CCN3CC3CC3)nc2c1. The van der Waals surface area contributed by atoms with Crippen LogP contribution in [-0.2, 0) is 6.54 Å². The van der Waals surface area contributed by atoms with Gasteiger partial charge in [-0.05, 0) is 49.8 Å². The molecule has 3 aromatic heterocycles. The Hall–Kier alpha value is -2.31. The van der Waals surface area contributed by atoms with Crippen LogP contribution in [0.5, 0.6) is 0 Å². The first kappa shape index (κ1) is 18.5. The van der Waals surface area contributed by atoms with Crippen molar-refractivity contribution in [2.75, 3.05) is 44.2 Å². The van der Waals surface area contributed by atoms with Crippen molar-refractivity contribution < 1.29 is 4.42 Å². The second kappa shape index (κ2) is 7.75. The molecular weight excluding hydrogens is 374 g/mol. The van der Waals surface area contributed by atoms with Crippen LogP contribution >= 0.6 is 0 Å². The average molecular weight is 406 g/mol. The van der Waals surface area contributed by atoms with E-state index in [0.29, 0.717) is 6.04 Å². The minimum absolute atomic E-state index is 0.359. The molecule has 0 aromatic carbocycles. The summed E-state index contributed by atoms with van der Waals surface area (Å²) in [6, 6.07) is 9.00. The van der Waals surface area contributed by atoms with Gasteiger partial charge in [-0.25, -0.2) is 4.98 Å². The smallest absolute Gasteiger partial charge is 0.138 e. The van der Waals surface area contributed by atoms with E-state index in [9.17, 15) is 0 Å². The Balaban J connectivity index is 1.30. The van der Waals surface area contributed by atoms with E-state index < -0.39 is 0 Å². The predicted molar refractivity (Wildman–Crippen MR) is 118 cm³/mol. The van der Waals surface area contributed by atoms with Gasteiger partial charge in [0.1, 0.15) is 11.5 Å². The summed E-state index contributed by atoms with van der Waals surface area (Å²) in [5.41, 5.74) is 3.56. The summed E-state index contributed by atoms with van der Waals surface area (Å²) in [6.45, 7) is 7.74. The van der Waals surface area contributed by atoms with Gasteiger partial charge in [-0.15, -0.1) is 0 Å². The number of rotatable bonds is 6.